The van der Waals surface area contributed by atoms with Gasteiger partial charge in [-0.25, -0.2) is 8.42 Å². The van der Waals surface area contributed by atoms with Crippen LogP contribution >= 0.6 is 0 Å². The number of fused-ring (bicyclic) bond motifs is 1. The number of nitrogens with zero attached hydrogens (tertiary/aromatic N) is 2. The molecule has 3 fully saturated rings. The molecule has 0 radical (unpaired) electrons. The van der Waals surface area contributed by atoms with E-state index in [1.54, 1.807) is 17.0 Å². The Labute approximate surface area is 176 Å². The van der Waals surface area contributed by atoms with Gasteiger partial charge < -0.3 is 14.4 Å². The number of rotatable bonds is 5. The van der Waals surface area contributed by atoms with Crippen LogP contribution in [0.2, 0.25) is 0 Å². The van der Waals surface area contributed by atoms with Crippen LogP contribution in [0.5, 0.6) is 5.75 Å². The molecule has 1 spiro atoms. The highest BCUT2D eigenvalue weighted by atomic mass is 32.2. The molecule has 1 amide bonds. The average molecular weight is 429 g/mol. The van der Waals surface area contributed by atoms with E-state index in [0.717, 1.165) is 5.56 Å². The fourth-order valence-electron chi connectivity index (χ4n) is 4.82. The van der Waals surface area contributed by atoms with Crippen LogP contribution in [-0.2, 0) is 26.1 Å². The van der Waals surface area contributed by atoms with Crippen LogP contribution in [-0.4, -0.2) is 66.7 Å². The summed E-state index contributed by atoms with van der Waals surface area (Å²) in [4.78, 5) is 14.5. The highest BCUT2D eigenvalue weighted by molar-refractivity contribution is 7.90. The fraction of sp³-hybridized carbons (Fsp3) is 0.409. The number of carbonyl (C=O) groups is 1. The lowest BCUT2D eigenvalue weighted by atomic mass is 9.99. The van der Waals surface area contributed by atoms with Crippen LogP contribution in [0.25, 0.3) is 0 Å². The van der Waals surface area contributed by atoms with Crippen molar-refractivity contribution >= 4 is 15.9 Å². The Hall–Kier alpha value is -2.42. The first kappa shape index (κ1) is 19.5. The lowest BCUT2D eigenvalue weighted by Gasteiger charge is -2.39. The van der Waals surface area contributed by atoms with Crippen molar-refractivity contribution in [2.75, 3.05) is 26.2 Å². The molecule has 30 heavy (non-hydrogen) atoms. The summed E-state index contributed by atoms with van der Waals surface area (Å²) in [7, 11) is -3.49. The van der Waals surface area contributed by atoms with Crippen LogP contribution in [0, 0.1) is 0 Å². The standard InChI is InChI=1S/C22H24N2O5S/c25-21(14-28-18-9-5-2-6-10-18)23-13-19-11-20-22(15-23,29-19)16-24(30(20,26)27)12-17-7-3-1-4-8-17/h1-10,19-20H,11-16H2/t19-,20+,22+/m0/s1. The van der Waals surface area contributed by atoms with Crippen molar-refractivity contribution in [3.8, 4) is 5.75 Å². The first-order valence-corrected chi connectivity index (χ1v) is 11.6. The monoisotopic (exact) mass is 428 g/mol. The third-order valence-electron chi connectivity index (χ3n) is 6.17. The second-order valence-electron chi connectivity index (χ2n) is 8.20. The van der Waals surface area contributed by atoms with Crippen LogP contribution < -0.4 is 4.74 Å². The molecule has 2 aromatic rings. The van der Waals surface area contributed by atoms with Crippen molar-refractivity contribution in [1.29, 1.82) is 0 Å². The van der Waals surface area contributed by atoms with Crippen molar-refractivity contribution < 1.29 is 22.7 Å². The number of amides is 1. The van der Waals surface area contributed by atoms with Gasteiger partial charge in [-0.15, -0.1) is 0 Å². The van der Waals surface area contributed by atoms with E-state index in [1.807, 2.05) is 48.5 Å². The maximum atomic E-state index is 13.2. The van der Waals surface area contributed by atoms with Crippen LogP contribution in [0.3, 0.4) is 0 Å². The summed E-state index contributed by atoms with van der Waals surface area (Å²) < 4.78 is 39.8. The van der Waals surface area contributed by atoms with Gasteiger partial charge in [0.2, 0.25) is 10.0 Å². The number of hydrogen-bond acceptors (Lipinski definition) is 5. The number of benzene rings is 2. The number of hydrogen-bond donors (Lipinski definition) is 0. The van der Waals surface area contributed by atoms with Crippen molar-refractivity contribution in [3.63, 3.8) is 0 Å². The van der Waals surface area contributed by atoms with E-state index in [0.29, 0.717) is 25.3 Å². The van der Waals surface area contributed by atoms with E-state index in [9.17, 15) is 13.2 Å². The lowest BCUT2D eigenvalue weighted by Crippen LogP contribution is -2.57. The second kappa shape index (κ2) is 7.37. The summed E-state index contributed by atoms with van der Waals surface area (Å²) in [5.41, 5.74) is 0.0767. The smallest absolute Gasteiger partial charge is 0.260 e. The van der Waals surface area contributed by atoms with Crippen LogP contribution in [0.1, 0.15) is 12.0 Å². The molecule has 3 aliphatic rings. The quantitative estimate of drug-likeness (QED) is 0.724. The molecular weight excluding hydrogens is 404 g/mol. The normalized spacial score (nSPS) is 29.5. The molecule has 8 heteroatoms. The molecule has 0 aliphatic carbocycles. The van der Waals surface area contributed by atoms with Gasteiger partial charge >= 0.3 is 0 Å². The molecule has 2 bridgehead atoms. The summed E-state index contributed by atoms with van der Waals surface area (Å²) in [6, 6.07) is 18.7. The molecule has 7 nitrogen and oxygen atoms in total. The predicted octanol–water partition coefficient (Wildman–Crippen LogP) is 1.65. The molecule has 158 valence electrons. The summed E-state index contributed by atoms with van der Waals surface area (Å²) in [6.07, 6.45) is 0.176. The van der Waals surface area contributed by atoms with Crippen molar-refractivity contribution in [3.05, 3.63) is 66.2 Å². The minimum atomic E-state index is -3.49. The van der Waals surface area contributed by atoms with E-state index in [1.165, 1.54) is 4.31 Å². The minimum Gasteiger partial charge on any atom is -0.484 e. The third kappa shape index (κ3) is 3.38. The molecule has 3 atom stereocenters. The maximum Gasteiger partial charge on any atom is 0.260 e. The first-order chi connectivity index (χ1) is 14.5. The largest absolute Gasteiger partial charge is 0.484 e. The summed E-state index contributed by atoms with van der Waals surface area (Å²) in [5, 5.41) is -0.605. The van der Waals surface area contributed by atoms with Crippen LogP contribution in [0.15, 0.2) is 60.7 Å². The van der Waals surface area contributed by atoms with E-state index in [-0.39, 0.29) is 31.7 Å². The number of carbonyl (C=O) groups excluding carboxylic acids is 1. The zero-order valence-corrected chi connectivity index (χ0v) is 17.3. The van der Waals surface area contributed by atoms with Gasteiger partial charge in [-0.05, 0) is 24.1 Å². The topological polar surface area (TPSA) is 76.2 Å². The van der Waals surface area contributed by atoms with Gasteiger partial charge in [-0.1, -0.05) is 48.5 Å². The summed E-state index contributed by atoms with van der Waals surface area (Å²) >= 11 is 0. The van der Waals surface area contributed by atoms with Gasteiger partial charge in [-0.3, -0.25) is 4.79 Å². The Morgan fingerprint density at radius 1 is 1.07 bits per heavy atom. The number of likely N-dealkylation sites (tertiary alicyclic amines) is 1. The number of para-hydroxylation sites is 1. The van der Waals surface area contributed by atoms with E-state index < -0.39 is 20.9 Å². The van der Waals surface area contributed by atoms with E-state index in [2.05, 4.69) is 0 Å². The molecule has 0 unspecified atom stereocenters. The SMILES string of the molecule is O=C(COc1ccccc1)N1C[C@@H]2C[C@@H]3[C@@](C1)(CN(Cc1ccccc1)S3(=O)=O)O2. The highest BCUT2D eigenvalue weighted by Gasteiger charge is 2.65. The number of sulfonamides is 1. The highest BCUT2D eigenvalue weighted by Crippen LogP contribution is 2.46. The molecule has 2 aromatic carbocycles. The molecule has 3 saturated heterocycles. The van der Waals surface area contributed by atoms with Crippen LogP contribution in [0.4, 0.5) is 0 Å². The Morgan fingerprint density at radius 2 is 1.77 bits per heavy atom. The molecule has 0 aromatic heterocycles. The van der Waals surface area contributed by atoms with Gasteiger partial charge in [-0.2, -0.15) is 4.31 Å². The van der Waals surface area contributed by atoms with Gasteiger partial charge in [0.1, 0.15) is 16.6 Å². The van der Waals surface area contributed by atoms with Crippen molar-refractivity contribution in [2.45, 2.75) is 29.9 Å². The van der Waals surface area contributed by atoms with Gasteiger partial charge in [0.05, 0.1) is 12.6 Å². The summed E-state index contributed by atoms with van der Waals surface area (Å²) in [6.45, 7) is 1.20. The Balaban J connectivity index is 1.31. The Morgan fingerprint density at radius 3 is 2.50 bits per heavy atom. The lowest BCUT2D eigenvalue weighted by molar-refractivity contribution is -0.152. The van der Waals surface area contributed by atoms with E-state index in [4.69, 9.17) is 9.47 Å². The minimum absolute atomic E-state index is 0.0715. The second-order valence-corrected chi connectivity index (χ2v) is 10.3. The predicted molar refractivity (Wildman–Crippen MR) is 110 cm³/mol. The third-order valence-corrected chi connectivity index (χ3v) is 8.49. The van der Waals surface area contributed by atoms with Crippen molar-refractivity contribution in [1.82, 2.24) is 9.21 Å². The zero-order valence-electron chi connectivity index (χ0n) is 16.5. The molecule has 3 heterocycles. The molecule has 3 aliphatic heterocycles. The average Bonchev–Trinajstić information content (AvgIpc) is 3.12. The maximum absolute atomic E-state index is 13.2. The Kier molecular flexibility index (Phi) is 4.80. The van der Waals surface area contributed by atoms with E-state index >= 15 is 0 Å². The molecule has 0 saturated carbocycles. The number of ether oxygens (including phenoxy) is 2. The number of morpholine rings is 1. The van der Waals surface area contributed by atoms with Gasteiger partial charge in [0.15, 0.2) is 6.61 Å². The fourth-order valence-corrected chi connectivity index (χ4v) is 7.11. The molecule has 5 rings (SSSR count). The van der Waals surface area contributed by atoms with Gasteiger partial charge in [0.25, 0.3) is 5.91 Å². The summed E-state index contributed by atoms with van der Waals surface area (Å²) in [5.74, 6) is 0.488. The Bertz CT molecular complexity index is 1030. The molecular formula is C22H24N2O5S. The zero-order chi connectivity index (χ0) is 20.8. The molecule has 0 N–H and O–H groups in total. The van der Waals surface area contributed by atoms with Crippen molar-refractivity contribution in [2.24, 2.45) is 0 Å². The van der Waals surface area contributed by atoms with Gasteiger partial charge in [0, 0.05) is 19.6 Å². The first-order valence-electron chi connectivity index (χ1n) is 10.1.